The lowest BCUT2D eigenvalue weighted by atomic mass is 9.72. The minimum Gasteiger partial charge on any atom is -0.389 e. The third-order valence-corrected chi connectivity index (χ3v) is 2.84. The van der Waals surface area contributed by atoms with Crippen LogP contribution in [-0.4, -0.2) is 16.5 Å². The molecule has 13 heavy (non-hydrogen) atoms. The molecule has 2 heteroatoms. The maximum Gasteiger partial charge on any atom is 0.132 e. The highest BCUT2D eigenvalue weighted by atomic mass is 16.3. The van der Waals surface area contributed by atoms with Crippen LogP contribution in [0, 0.1) is 11.8 Å². The molecule has 0 bridgehead atoms. The Morgan fingerprint density at radius 2 is 1.85 bits per heavy atom. The highest BCUT2D eigenvalue weighted by Crippen LogP contribution is 2.37. The molecule has 0 aromatic heterocycles. The fraction of sp³-hybridized carbons (Fsp3) is 0.909. The van der Waals surface area contributed by atoms with E-state index in [9.17, 15) is 9.90 Å². The van der Waals surface area contributed by atoms with E-state index in [1.54, 1.807) is 6.92 Å². The molecule has 1 rings (SSSR count). The molecule has 76 valence electrons. The minimum atomic E-state index is -0.705. The van der Waals surface area contributed by atoms with Crippen molar-refractivity contribution in [1.82, 2.24) is 0 Å². The monoisotopic (exact) mass is 184 g/mol. The average molecular weight is 184 g/mol. The van der Waals surface area contributed by atoms with Gasteiger partial charge in [-0.05, 0) is 38.0 Å². The van der Waals surface area contributed by atoms with Crippen molar-refractivity contribution >= 4 is 5.78 Å². The third-order valence-electron chi connectivity index (χ3n) is 2.84. The molecule has 0 amide bonds. The Kier molecular flexibility index (Phi) is 3.12. The Balaban J connectivity index is 2.60. The van der Waals surface area contributed by atoms with Crippen LogP contribution in [0.3, 0.4) is 0 Å². The van der Waals surface area contributed by atoms with Crippen molar-refractivity contribution in [1.29, 1.82) is 0 Å². The Labute approximate surface area is 80.3 Å². The molecule has 2 atom stereocenters. The summed E-state index contributed by atoms with van der Waals surface area (Å²) in [6, 6.07) is 0. The first-order valence-electron chi connectivity index (χ1n) is 5.13. The second-order valence-corrected chi connectivity index (χ2v) is 4.96. The first kappa shape index (κ1) is 10.7. The lowest BCUT2D eigenvalue weighted by molar-refractivity contribution is -0.124. The van der Waals surface area contributed by atoms with E-state index >= 15 is 0 Å². The van der Waals surface area contributed by atoms with Crippen molar-refractivity contribution in [2.75, 3.05) is 0 Å². The van der Waals surface area contributed by atoms with Crippen LogP contribution in [-0.2, 0) is 4.79 Å². The average Bonchev–Trinajstić information content (AvgIpc) is 1.77. The number of hydrogen-bond donors (Lipinski definition) is 1. The lowest BCUT2D eigenvalue weighted by Crippen LogP contribution is -2.39. The quantitative estimate of drug-likeness (QED) is 0.714. The first-order valence-corrected chi connectivity index (χ1v) is 5.13. The fourth-order valence-electron chi connectivity index (χ4n) is 2.84. The van der Waals surface area contributed by atoms with Gasteiger partial charge in [0, 0.05) is 6.42 Å². The van der Waals surface area contributed by atoms with E-state index in [0.717, 1.165) is 12.8 Å². The van der Waals surface area contributed by atoms with Gasteiger partial charge >= 0.3 is 0 Å². The van der Waals surface area contributed by atoms with Gasteiger partial charge in [0.15, 0.2) is 0 Å². The van der Waals surface area contributed by atoms with E-state index in [0.29, 0.717) is 18.3 Å². The summed E-state index contributed by atoms with van der Waals surface area (Å²) in [5.74, 6) is 1.20. The topological polar surface area (TPSA) is 37.3 Å². The fourth-order valence-corrected chi connectivity index (χ4v) is 2.84. The Bertz CT molecular complexity index is 188. The summed E-state index contributed by atoms with van der Waals surface area (Å²) in [5, 5.41) is 10.2. The van der Waals surface area contributed by atoms with Crippen LogP contribution in [0.2, 0.25) is 0 Å². The van der Waals surface area contributed by atoms with Crippen LogP contribution < -0.4 is 0 Å². The van der Waals surface area contributed by atoms with Gasteiger partial charge in [-0.2, -0.15) is 0 Å². The Morgan fingerprint density at radius 3 is 2.23 bits per heavy atom. The van der Waals surface area contributed by atoms with Gasteiger partial charge in [-0.1, -0.05) is 13.8 Å². The van der Waals surface area contributed by atoms with Gasteiger partial charge in [0.2, 0.25) is 0 Å². The summed E-state index contributed by atoms with van der Waals surface area (Å²) in [5.41, 5.74) is -0.705. The maximum absolute atomic E-state index is 11.0. The van der Waals surface area contributed by atoms with Crippen molar-refractivity contribution in [3.05, 3.63) is 0 Å². The number of ketones is 1. The van der Waals surface area contributed by atoms with Crippen molar-refractivity contribution in [3.63, 3.8) is 0 Å². The number of carbonyl (C=O) groups excluding carboxylic acids is 1. The predicted octanol–water partition coefficient (Wildman–Crippen LogP) is 2.15. The number of Topliss-reactive ketones (excluding diaryl/α,β-unsaturated/α-hetero) is 1. The molecular formula is C11H20O2. The molecule has 1 fully saturated rings. The summed E-state index contributed by atoms with van der Waals surface area (Å²) in [4.78, 5) is 11.0. The van der Waals surface area contributed by atoms with Gasteiger partial charge in [-0.15, -0.1) is 0 Å². The van der Waals surface area contributed by atoms with Crippen LogP contribution in [0.5, 0.6) is 0 Å². The van der Waals surface area contributed by atoms with Crippen LogP contribution in [0.4, 0.5) is 0 Å². The highest BCUT2D eigenvalue weighted by molar-refractivity contribution is 5.76. The third kappa shape index (κ3) is 3.11. The van der Waals surface area contributed by atoms with Gasteiger partial charge in [-0.25, -0.2) is 0 Å². The molecule has 0 aliphatic heterocycles. The zero-order valence-electron chi connectivity index (χ0n) is 8.84. The van der Waals surface area contributed by atoms with E-state index in [4.69, 9.17) is 0 Å². The standard InChI is InChI=1S/C11H20O2/c1-8-4-9(2)6-11(13,5-8)7-10(3)12/h8-9,13H,4-7H2,1-3H3. The largest absolute Gasteiger partial charge is 0.389 e. The van der Waals surface area contributed by atoms with Crippen LogP contribution in [0.15, 0.2) is 0 Å². The lowest BCUT2D eigenvalue weighted by Gasteiger charge is -2.38. The summed E-state index contributed by atoms with van der Waals surface area (Å²) >= 11 is 0. The van der Waals surface area contributed by atoms with Gasteiger partial charge in [0.05, 0.1) is 5.60 Å². The molecule has 1 aliphatic carbocycles. The van der Waals surface area contributed by atoms with E-state index < -0.39 is 5.60 Å². The molecule has 0 radical (unpaired) electrons. The Morgan fingerprint density at radius 1 is 1.38 bits per heavy atom. The van der Waals surface area contributed by atoms with E-state index in [1.165, 1.54) is 6.42 Å². The molecule has 0 aromatic rings. The van der Waals surface area contributed by atoms with Crippen LogP contribution in [0.25, 0.3) is 0 Å². The molecule has 2 unspecified atom stereocenters. The molecule has 1 aliphatic rings. The molecule has 0 saturated heterocycles. The second-order valence-electron chi connectivity index (χ2n) is 4.96. The zero-order valence-corrected chi connectivity index (χ0v) is 8.84. The summed E-state index contributed by atoms with van der Waals surface area (Å²) in [6.45, 7) is 5.86. The van der Waals surface area contributed by atoms with E-state index in [-0.39, 0.29) is 5.78 Å². The minimum absolute atomic E-state index is 0.101. The number of carbonyl (C=O) groups is 1. The molecule has 0 heterocycles. The van der Waals surface area contributed by atoms with Gasteiger partial charge in [0.1, 0.15) is 5.78 Å². The van der Waals surface area contributed by atoms with Crippen molar-refractivity contribution < 1.29 is 9.90 Å². The predicted molar refractivity (Wildman–Crippen MR) is 52.4 cm³/mol. The Hall–Kier alpha value is -0.370. The molecule has 2 nitrogen and oxygen atoms in total. The normalized spacial score (nSPS) is 40.3. The molecule has 1 N–H and O–H groups in total. The molecule has 0 aromatic carbocycles. The van der Waals surface area contributed by atoms with Crippen LogP contribution >= 0.6 is 0 Å². The molecular weight excluding hydrogens is 164 g/mol. The number of aliphatic hydroxyl groups is 1. The van der Waals surface area contributed by atoms with Crippen molar-refractivity contribution in [3.8, 4) is 0 Å². The summed E-state index contributed by atoms with van der Waals surface area (Å²) < 4.78 is 0. The van der Waals surface area contributed by atoms with Gasteiger partial charge < -0.3 is 5.11 Å². The van der Waals surface area contributed by atoms with Gasteiger partial charge in [0.25, 0.3) is 0 Å². The van der Waals surface area contributed by atoms with Crippen molar-refractivity contribution in [2.45, 2.75) is 52.1 Å². The van der Waals surface area contributed by atoms with E-state index in [1.807, 2.05) is 0 Å². The number of hydrogen-bond acceptors (Lipinski definition) is 2. The second kappa shape index (κ2) is 3.79. The SMILES string of the molecule is CC(=O)CC1(O)CC(C)CC(C)C1. The summed E-state index contributed by atoms with van der Waals surface area (Å²) in [6.07, 6.45) is 3.09. The first-order chi connectivity index (χ1) is 5.91. The molecule has 0 spiro atoms. The molecule has 1 saturated carbocycles. The van der Waals surface area contributed by atoms with Crippen LogP contribution in [0.1, 0.15) is 46.5 Å². The highest BCUT2D eigenvalue weighted by Gasteiger charge is 2.36. The van der Waals surface area contributed by atoms with Crippen molar-refractivity contribution in [2.24, 2.45) is 11.8 Å². The smallest absolute Gasteiger partial charge is 0.132 e. The summed E-state index contributed by atoms with van der Waals surface area (Å²) in [7, 11) is 0. The maximum atomic E-state index is 11.0. The number of rotatable bonds is 2. The zero-order chi connectivity index (χ0) is 10.1. The van der Waals surface area contributed by atoms with Gasteiger partial charge in [-0.3, -0.25) is 4.79 Å². The van der Waals surface area contributed by atoms with E-state index in [2.05, 4.69) is 13.8 Å².